The number of ether oxygens (including phenoxy) is 1. The number of rotatable bonds is 6. The summed E-state index contributed by atoms with van der Waals surface area (Å²) in [6.45, 7) is 0.116. The van der Waals surface area contributed by atoms with Crippen molar-refractivity contribution in [1.82, 2.24) is 4.98 Å². The second-order valence-electron chi connectivity index (χ2n) is 5.35. The summed E-state index contributed by atoms with van der Waals surface area (Å²) in [4.78, 5) is 15.9. The van der Waals surface area contributed by atoms with Gasteiger partial charge in [0.15, 0.2) is 11.7 Å². The van der Waals surface area contributed by atoms with Gasteiger partial charge >= 0.3 is 5.97 Å². The van der Waals surface area contributed by atoms with Crippen molar-refractivity contribution in [2.24, 2.45) is 0 Å². The lowest BCUT2D eigenvalue weighted by atomic mass is 10.2. The normalized spacial score (nSPS) is 10.6. The van der Waals surface area contributed by atoms with E-state index in [2.05, 4.69) is 4.98 Å². The summed E-state index contributed by atoms with van der Waals surface area (Å²) in [5, 5.41) is 0.553. The fourth-order valence-electron chi connectivity index (χ4n) is 2.27. The first-order valence-corrected chi connectivity index (χ1v) is 8.10. The zero-order valence-corrected chi connectivity index (χ0v) is 14.0. The summed E-state index contributed by atoms with van der Waals surface area (Å²) in [6, 6.07) is 13.4. The van der Waals surface area contributed by atoms with Gasteiger partial charge in [0.2, 0.25) is 0 Å². The fourth-order valence-corrected chi connectivity index (χ4v) is 2.46. The molecular formula is C19H15ClFNO3. The number of esters is 1. The number of aryl methyl sites for hydroxylation is 1. The molecule has 0 saturated heterocycles. The molecule has 2 aromatic carbocycles. The smallest absolute Gasteiger partial charge is 0.306 e. The van der Waals surface area contributed by atoms with Gasteiger partial charge in [-0.2, -0.15) is 0 Å². The summed E-state index contributed by atoms with van der Waals surface area (Å²) in [6.07, 6.45) is 1.83. The highest BCUT2D eigenvalue weighted by molar-refractivity contribution is 6.31. The Bertz CT molecular complexity index is 878. The molecular weight excluding hydrogens is 345 g/mol. The van der Waals surface area contributed by atoms with Gasteiger partial charge in [-0.15, -0.1) is 0 Å². The maximum Gasteiger partial charge on any atom is 0.306 e. The van der Waals surface area contributed by atoms with Crippen LogP contribution in [0.1, 0.15) is 17.9 Å². The van der Waals surface area contributed by atoms with Crippen molar-refractivity contribution in [3.8, 4) is 11.3 Å². The van der Waals surface area contributed by atoms with Crippen LogP contribution in [0, 0.1) is 5.82 Å². The zero-order valence-electron chi connectivity index (χ0n) is 13.2. The van der Waals surface area contributed by atoms with Gasteiger partial charge in [-0.3, -0.25) is 4.79 Å². The minimum absolute atomic E-state index is 0.113. The molecule has 0 fully saturated rings. The molecule has 0 N–H and O–H groups in total. The number of halogens is 2. The Labute approximate surface area is 149 Å². The molecule has 4 nitrogen and oxygen atoms in total. The van der Waals surface area contributed by atoms with Crippen molar-refractivity contribution >= 4 is 17.6 Å². The van der Waals surface area contributed by atoms with E-state index in [1.807, 2.05) is 12.1 Å². The first kappa shape index (κ1) is 17.2. The molecule has 3 aromatic rings. The summed E-state index contributed by atoms with van der Waals surface area (Å²) < 4.78 is 24.4. The van der Waals surface area contributed by atoms with Crippen molar-refractivity contribution in [3.63, 3.8) is 0 Å². The lowest BCUT2D eigenvalue weighted by molar-refractivity contribution is -0.145. The number of oxazole rings is 1. The minimum atomic E-state index is -0.385. The summed E-state index contributed by atoms with van der Waals surface area (Å²) >= 11 is 6.01. The van der Waals surface area contributed by atoms with E-state index in [0.717, 1.165) is 5.56 Å². The number of carbonyl (C=O) groups is 1. The maximum absolute atomic E-state index is 13.7. The Balaban J connectivity index is 1.53. The first-order valence-electron chi connectivity index (χ1n) is 7.72. The Morgan fingerprint density at radius 1 is 1.16 bits per heavy atom. The van der Waals surface area contributed by atoms with Crippen LogP contribution >= 0.6 is 11.6 Å². The molecule has 0 aliphatic heterocycles. The van der Waals surface area contributed by atoms with Crippen LogP contribution in [0.3, 0.4) is 0 Å². The average Bonchev–Trinajstić information content (AvgIpc) is 3.08. The number of hydrogen-bond acceptors (Lipinski definition) is 4. The van der Waals surface area contributed by atoms with Crippen LogP contribution in [0.4, 0.5) is 4.39 Å². The van der Waals surface area contributed by atoms with Crippen LogP contribution in [0.2, 0.25) is 5.02 Å². The van der Waals surface area contributed by atoms with E-state index in [0.29, 0.717) is 22.2 Å². The van der Waals surface area contributed by atoms with Gasteiger partial charge in [-0.1, -0.05) is 41.9 Å². The van der Waals surface area contributed by atoms with Gasteiger partial charge in [-0.25, -0.2) is 9.37 Å². The Morgan fingerprint density at radius 2 is 1.92 bits per heavy atom. The molecule has 0 unspecified atom stereocenters. The van der Waals surface area contributed by atoms with Crippen molar-refractivity contribution < 1.29 is 18.3 Å². The van der Waals surface area contributed by atoms with Gasteiger partial charge < -0.3 is 9.15 Å². The van der Waals surface area contributed by atoms with E-state index in [9.17, 15) is 9.18 Å². The lowest BCUT2D eigenvalue weighted by Crippen LogP contribution is -2.06. The van der Waals surface area contributed by atoms with Crippen molar-refractivity contribution in [2.75, 3.05) is 0 Å². The molecule has 0 saturated carbocycles. The predicted molar refractivity (Wildman–Crippen MR) is 91.5 cm³/mol. The molecule has 6 heteroatoms. The molecule has 0 amide bonds. The van der Waals surface area contributed by atoms with E-state index in [-0.39, 0.29) is 31.2 Å². The minimum Gasteiger partial charge on any atom is -0.461 e. The van der Waals surface area contributed by atoms with Gasteiger partial charge in [0, 0.05) is 17.0 Å². The molecule has 0 aliphatic carbocycles. The van der Waals surface area contributed by atoms with Crippen molar-refractivity contribution in [2.45, 2.75) is 19.4 Å². The summed E-state index contributed by atoms with van der Waals surface area (Å²) in [5.41, 5.74) is 1.08. The van der Waals surface area contributed by atoms with Crippen molar-refractivity contribution in [1.29, 1.82) is 0 Å². The van der Waals surface area contributed by atoms with Crippen LogP contribution < -0.4 is 0 Å². The van der Waals surface area contributed by atoms with E-state index >= 15 is 0 Å². The van der Waals surface area contributed by atoms with Gasteiger partial charge in [-0.05, 0) is 18.2 Å². The number of benzene rings is 2. The SMILES string of the molecule is O=C(CCc1ncc(-c2ccccc2F)o1)OCc1ccccc1Cl. The Hall–Kier alpha value is -2.66. The van der Waals surface area contributed by atoms with Gasteiger partial charge in [0.25, 0.3) is 0 Å². The highest BCUT2D eigenvalue weighted by atomic mass is 35.5. The topological polar surface area (TPSA) is 52.3 Å². The molecule has 0 bridgehead atoms. The quantitative estimate of drug-likeness (QED) is 0.593. The molecule has 3 rings (SSSR count). The Kier molecular flexibility index (Phi) is 5.46. The molecule has 0 atom stereocenters. The van der Waals surface area contributed by atoms with E-state index in [1.54, 1.807) is 30.3 Å². The van der Waals surface area contributed by atoms with Crippen molar-refractivity contribution in [3.05, 3.63) is 77.0 Å². The third-order valence-corrected chi connectivity index (χ3v) is 3.95. The highest BCUT2D eigenvalue weighted by Crippen LogP contribution is 2.23. The van der Waals surface area contributed by atoms with Crippen LogP contribution in [0.5, 0.6) is 0 Å². The first-order chi connectivity index (χ1) is 12.1. The molecule has 0 spiro atoms. The highest BCUT2D eigenvalue weighted by Gasteiger charge is 2.12. The Morgan fingerprint density at radius 3 is 2.72 bits per heavy atom. The predicted octanol–water partition coefficient (Wildman–Crippen LogP) is 4.81. The third-order valence-electron chi connectivity index (χ3n) is 3.58. The molecule has 1 heterocycles. The van der Waals surface area contributed by atoms with E-state index in [4.69, 9.17) is 20.8 Å². The standard InChI is InChI=1S/C19H15ClFNO3/c20-15-7-3-1-5-13(15)12-24-19(23)10-9-18-22-11-17(25-18)14-6-2-4-8-16(14)21/h1-8,11H,9-10,12H2. The lowest BCUT2D eigenvalue weighted by Gasteiger charge is -2.05. The largest absolute Gasteiger partial charge is 0.461 e. The van der Waals surface area contributed by atoms with Crippen LogP contribution in [-0.2, 0) is 22.6 Å². The summed E-state index contributed by atoms with van der Waals surface area (Å²) in [7, 11) is 0. The molecule has 25 heavy (non-hydrogen) atoms. The zero-order chi connectivity index (χ0) is 17.6. The number of nitrogens with zero attached hydrogens (tertiary/aromatic N) is 1. The van der Waals surface area contributed by atoms with Crippen LogP contribution in [0.15, 0.2) is 59.1 Å². The number of hydrogen-bond donors (Lipinski definition) is 0. The second-order valence-corrected chi connectivity index (χ2v) is 5.76. The molecule has 0 aliphatic rings. The van der Waals surface area contributed by atoms with Gasteiger partial charge in [0.1, 0.15) is 12.4 Å². The van der Waals surface area contributed by atoms with Gasteiger partial charge in [0.05, 0.1) is 18.2 Å². The van der Waals surface area contributed by atoms with Crippen LogP contribution in [0.25, 0.3) is 11.3 Å². The number of carbonyl (C=O) groups excluding carboxylic acids is 1. The molecule has 128 valence electrons. The molecule has 0 radical (unpaired) electrons. The third kappa shape index (κ3) is 4.45. The van der Waals surface area contributed by atoms with E-state index in [1.165, 1.54) is 12.3 Å². The number of aromatic nitrogens is 1. The molecule has 1 aromatic heterocycles. The monoisotopic (exact) mass is 359 g/mol. The maximum atomic E-state index is 13.7. The fraction of sp³-hybridized carbons (Fsp3) is 0.158. The van der Waals surface area contributed by atoms with E-state index < -0.39 is 0 Å². The average molecular weight is 360 g/mol. The summed E-state index contributed by atoms with van der Waals surface area (Å²) in [5.74, 6) is -0.0830. The van der Waals surface area contributed by atoms with Crippen LogP contribution in [-0.4, -0.2) is 11.0 Å². The second kappa shape index (κ2) is 7.94.